The van der Waals surface area contributed by atoms with Crippen molar-refractivity contribution in [2.45, 2.75) is 0 Å². The van der Waals surface area contributed by atoms with Gasteiger partial charge in [-0.15, -0.1) is 0 Å². The molecule has 0 aromatic carbocycles. The van der Waals surface area contributed by atoms with E-state index in [1.54, 1.807) is 0 Å². The molecule has 5 nitrogen and oxygen atoms in total. The Bertz CT molecular complexity index is 186. The van der Waals surface area contributed by atoms with E-state index in [9.17, 15) is 0 Å². The Balaban J connectivity index is 3.77. The van der Waals surface area contributed by atoms with Crippen LogP contribution in [0.1, 0.15) is 0 Å². The van der Waals surface area contributed by atoms with E-state index in [0.29, 0.717) is 0 Å². The first kappa shape index (κ1) is 18.8. The van der Waals surface area contributed by atoms with Gasteiger partial charge in [-0.05, 0) is 42.3 Å². The standard InChI is InChI=1S/C14H34N4O/c1-15(2)7-9-18(10-8-16(3)4)12-14-19-13-11-17(5)6/h7-14H2,1-6H3. The van der Waals surface area contributed by atoms with Crippen LogP contribution in [0.3, 0.4) is 0 Å². The molecule has 0 saturated heterocycles. The van der Waals surface area contributed by atoms with Gasteiger partial charge in [-0.1, -0.05) is 0 Å². The third kappa shape index (κ3) is 14.0. The van der Waals surface area contributed by atoms with Crippen LogP contribution in [0.15, 0.2) is 0 Å². The zero-order valence-corrected chi connectivity index (χ0v) is 13.9. The van der Waals surface area contributed by atoms with Crippen molar-refractivity contribution in [2.24, 2.45) is 0 Å². The highest BCUT2D eigenvalue weighted by Crippen LogP contribution is 1.92. The van der Waals surface area contributed by atoms with E-state index in [1.807, 2.05) is 0 Å². The smallest absolute Gasteiger partial charge is 0.0594 e. The minimum Gasteiger partial charge on any atom is -0.379 e. The summed E-state index contributed by atoms with van der Waals surface area (Å²) >= 11 is 0. The predicted molar refractivity (Wildman–Crippen MR) is 82.9 cm³/mol. The number of hydrogen-bond acceptors (Lipinski definition) is 5. The number of likely N-dealkylation sites (N-methyl/N-ethyl adjacent to an activating group) is 3. The van der Waals surface area contributed by atoms with Gasteiger partial charge in [-0.25, -0.2) is 0 Å². The first-order valence-corrected chi connectivity index (χ1v) is 7.16. The summed E-state index contributed by atoms with van der Waals surface area (Å²) < 4.78 is 5.68. The monoisotopic (exact) mass is 274 g/mol. The molecular formula is C14H34N4O. The summed E-state index contributed by atoms with van der Waals surface area (Å²) in [5.74, 6) is 0. The van der Waals surface area contributed by atoms with Crippen LogP contribution >= 0.6 is 0 Å². The van der Waals surface area contributed by atoms with Crippen LogP contribution in [-0.4, -0.2) is 114 Å². The fraction of sp³-hybridized carbons (Fsp3) is 1.00. The van der Waals surface area contributed by atoms with Crippen LogP contribution < -0.4 is 0 Å². The zero-order chi connectivity index (χ0) is 14.7. The van der Waals surface area contributed by atoms with E-state index in [4.69, 9.17) is 4.74 Å². The molecule has 0 radical (unpaired) electrons. The van der Waals surface area contributed by atoms with Gasteiger partial charge in [0.15, 0.2) is 0 Å². The predicted octanol–water partition coefficient (Wildman–Crippen LogP) is -0.0102. The fourth-order valence-electron chi connectivity index (χ4n) is 1.56. The highest BCUT2D eigenvalue weighted by molar-refractivity contribution is 4.61. The number of ether oxygens (including phenoxy) is 1. The molecule has 0 unspecified atom stereocenters. The van der Waals surface area contributed by atoms with Crippen LogP contribution in [0.5, 0.6) is 0 Å². The maximum absolute atomic E-state index is 5.68. The van der Waals surface area contributed by atoms with Gasteiger partial charge in [0.05, 0.1) is 13.2 Å². The number of rotatable bonds is 12. The topological polar surface area (TPSA) is 22.2 Å². The van der Waals surface area contributed by atoms with Crippen molar-refractivity contribution in [1.29, 1.82) is 0 Å². The SMILES string of the molecule is CN(C)CCOCCN(CCN(C)C)CCN(C)C. The average molecular weight is 274 g/mol. The molecule has 0 aliphatic heterocycles. The van der Waals surface area contributed by atoms with Gasteiger partial charge in [0, 0.05) is 39.3 Å². The highest BCUT2D eigenvalue weighted by atomic mass is 16.5. The molecule has 116 valence electrons. The Morgan fingerprint density at radius 1 is 0.526 bits per heavy atom. The average Bonchev–Trinajstić information content (AvgIpc) is 2.30. The fourth-order valence-corrected chi connectivity index (χ4v) is 1.56. The molecule has 0 atom stereocenters. The van der Waals surface area contributed by atoms with Gasteiger partial charge in [0.2, 0.25) is 0 Å². The summed E-state index contributed by atoms with van der Waals surface area (Å²) in [6.07, 6.45) is 0. The van der Waals surface area contributed by atoms with Crippen LogP contribution in [0.2, 0.25) is 0 Å². The Labute approximate surface area is 120 Å². The molecule has 0 aromatic rings. The first-order chi connectivity index (χ1) is 8.91. The lowest BCUT2D eigenvalue weighted by Gasteiger charge is -2.25. The van der Waals surface area contributed by atoms with E-state index in [0.717, 1.165) is 52.5 Å². The zero-order valence-electron chi connectivity index (χ0n) is 13.9. The number of hydrogen-bond donors (Lipinski definition) is 0. The van der Waals surface area contributed by atoms with Gasteiger partial charge in [-0.2, -0.15) is 0 Å². The Morgan fingerprint density at radius 3 is 1.37 bits per heavy atom. The molecule has 0 spiro atoms. The second-order valence-electron chi connectivity index (χ2n) is 5.86. The van der Waals surface area contributed by atoms with Gasteiger partial charge in [0.1, 0.15) is 0 Å². The number of nitrogens with zero attached hydrogens (tertiary/aromatic N) is 4. The molecule has 0 aromatic heterocycles. The van der Waals surface area contributed by atoms with Crippen molar-refractivity contribution in [3.8, 4) is 0 Å². The van der Waals surface area contributed by atoms with Crippen molar-refractivity contribution in [3.05, 3.63) is 0 Å². The molecule has 5 heteroatoms. The Morgan fingerprint density at radius 2 is 0.947 bits per heavy atom. The van der Waals surface area contributed by atoms with Crippen LogP contribution in [0.4, 0.5) is 0 Å². The molecule has 0 aliphatic carbocycles. The summed E-state index contributed by atoms with van der Waals surface area (Å²) in [4.78, 5) is 9.09. The largest absolute Gasteiger partial charge is 0.379 e. The molecule has 0 fully saturated rings. The normalized spacial score (nSPS) is 12.3. The van der Waals surface area contributed by atoms with Crippen LogP contribution in [-0.2, 0) is 4.74 Å². The molecule has 0 heterocycles. The van der Waals surface area contributed by atoms with Crippen molar-refractivity contribution in [1.82, 2.24) is 19.6 Å². The summed E-state index contributed by atoms with van der Waals surface area (Å²) in [5.41, 5.74) is 0. The summed E-state index contributed by atoms with van der Waals surface area (Å²) in [7, 11) is 12.6. The minimum atomic E-state index is 0.822. The lowest BCUT2D eigenvalue weighted by Crippen LogP contribution is -2.38. The minimum absolute atomic E-state index is 0.822. The first-order valence-electron chi connectivity index (χ1n) is 7.16. The summed E-state index contributed by atoms with van der Waals surface area (Å²) in [5, 5.41) is 0. The van der Waals surface area contributed by atoms with Gasteiger partial charge in [0.25, 0.3) is 0 Å². The molecule has 0 aliphatic rings. The second kappa shape index (κ2) is 11.6. The van der Waals surface area contributed by atoms with Gasteiger partial charge >= 0.3 is 0 Å². The van der Waals surface area contributed by atoms with E-state index in [1.165, 1.54) is 0 Å². The van der Waals surface area contributed by atoms with Crippen molar-refractivity contribution in [3.63, 3.8) is 0 Å². The summed E-state index contributed by atoms with van der Waals surface area (Å²) in [6, 6.07) is 0. The molecule has 0 bridgehead atoms. The molecule has 0 amide bonds. The Kier molecular flexibility index (Phi) is 11.5. The Hall–Kier alpha value is -0.200. The maximum atomic E-state index is 5.68. The highest BCUT2D eigenvalue weighted by Gasteiger charge is 2.06. The van der Waals surface area contributed by atoms with Crippen LogP contribution in [0, 0.1) is 0 Å². The van der Waals surface area contributed by atoms with Gasteiger partial charge < -0.3 is 19.4 Å². The van der Waals surface area contributed by atoms with E-state index in [-0.39, 0.29) is 0 Å². The van der Waals surface area contributed by atoms with Crippen molar-refractivity contribution < 1.29 is 4.74 Å². The summed E-state index contributed by atoms with van der Waals surface area (Å²) in [6.45, 7) is 8.09. The third-order valence-corrected chi connectivity index (χ3v) is 2.96. The lowest BCUT2D eigenvalue weighted by atomic mass is 10.4. The van der Waals surface area contributed by atoms with E-state index >= 15 is 0 Å². The van der Waals surface area contributed by atoms with E-state index in [2.05, 4.69) is 61.9 Å². The molecule has 0 rings (SSSR count). The molecule has 0 saturated carbocycles. The maximum Gasteiger partial charge on any atom is 0.0594 e. The molecule has 19 heavy (non-hydrogen) atoms. The van der Waals surface area contributed by atoms with Gasteiger partial charge in [-0.3, -0.25) is 4.90 Å². The van der Waals surface area contributed by atoms with Crippen molar-refractivity contribution in [2.75, 3.05) is 94.8 Å². The lowest BCUT2D eigenvalue weighted by molar-refractivity contribution is 0.0880. The van der Waals surface area contributed by atoms with Crippen LogP contribution in [0.25, 0.3) is 0 Å². The quantitative estimate of drug-likeness (QED) is 0.466. The molecule has 0 N–H and O–H groups in total. The third-order valence-electron chi connectivity index (χ3n) is 2.96. The van der Waals surface area contributed by atoms with E-state index < -0.39 is 0 Å². The molecular weight excluding hydrogens is 240 g/mol. The second-order valence-corrected chi connectivity index (χ2v) is 5.86. The van der Waals surface area contributed by atoms with Crippen molar-refractivity contribution >= 4 is 0 Å².